The smallest absolute Gasteiger partial charge is 0.219 e. The Balaban J connectivity index is 2.03. The van der Waals surface area contributed by atoms with E-state index in [1.54, 1.807) is 29.7 Å². The Labute approximate surface area is 112 Å². The molecule has 1 aliphatic rings. The van der Waals surface area contributed by atoms with Crippen molar-refractivity contribution in [1.29, 1.82) is 0 Å². The average Bonchev–Trinajstić information content (AvgIpc) is 2.65. The van der Waals surface area contributed by atoms with Gasteiger partial charge < -0.3 is 14.9 Å². The van der Waals surface area contributed by atoms with Gasteiger partial charge in [0.1, 0.15) is 5.75 Å². The van der Waals surface area contributed by atoms with Crippen molar-refractivity contribution in [3.8, 4) is 5.75 Å². The first-order valence-electron chi connectivity index (χ1n) is 5.94. The number of anilines is 1. The fraction of sp³-hybridized carbons (Fsp3) is 0.462. The molecule has 5 heteroatoms. The van der Waals surface area contributed by atoms with Gasteiger partial charge >= 0.3 is 0 Å². The van der Waals surface area contributed by atoms with Crippen molar-refractivity contribution >= 4 is 23.4 Å². The zero-order valence-corrected chi connectivity index (χ0v) is 11.7. The van der Waals surface area contributed by atoms with Gasteiger partial charge in [-0.25, -0.2) is 0 Å². The van der Waals surface area contributed by atoms with E-state index < -0.39 is 0 Å². The predicted octanol–water partition coefficient (Wildman–Crippen LogP) is 2.13. The lowest BCUT2D eigenvalue weighted by Crippen LogP contribution is -2.31. The van der Waals surface area contributed by atoms with Crippen molar-refractivity contribution in [1.82, 2.24) is 4.90 Å². The van der Waals surface area contributed by atoms with Gasteiger partial charge in [-0.3, -0.25) is 4.79 Å². The summed E-state index contributed by atoms with van der Waals surface area (Å²) in [5, 5.41) is 10.1. The number of phenols is 1. The van der Waals surface area contributed by atoms with Crippen molar-refractivity contribution in [2.45, 2.75) is 23.6 Å². The maximum atomic E-state index is 11.2. The molecule has 98 valence electrons. The van der Waals surface area contributed by atoms with Gasteiger partial charge in [0.05, 0.1) is 16.0 Å². The summed E-state index contributed by atoms with van der Waals surface area (Å²) in [6, 6.07) is 5.58. The molecule has 1 N–H and O–H groups in total. The number of carbonyl (C=O) groups is 1. The number of hydrogen-bond donors (Lipinski definition) is 1. The SMILES string of the molecule is CC(=O)N(C)CCC1Sc2c(O)cccc2N1C. The Kier molecular flexibility index (Phi) is 3.71. The molecule has 0 bridgehead atoms. The van der Waals surface area contributed by atoms with Gasteiger partial charge in [-0.15, -0.1) is 0 Å². The van der Waals surface area contributed by atoms with Gasteiger partial charge in [-0.05, 0) is 18.6 Å². The van der Waals surface area contributed by atoms with Crippen molar-refractivity contribution in [2.75, 3.05) is 25.5 Å². The zero-order valence-electron chi connectivity index (χ0n) is 10.9. The van der Waals surface area contributed by atoms with Crippen molar-refractivity contribution < 1.29 is 9.90 Å². The summed E-state index contributed by atoms with van der Waals surface area (Å²) in [7, 11) is 3.84. The highest BCUT2D eigenvalue weighted by Crippen LogP contribution is 2.47. The lowest BCUT2D eigenvalue weighted by Gasteiger charge is -2.23. The number of phenolic OH excluding ortho intramolecular Hbond substituents is 1. The summed E-state index contributed by atoms with van der Waals surface area (Å²) in [6.45, 7) is 2.30. The van der Waals surface area contributed by atoms with Crippen LogP contribution < -0.4 is 4.90 Å². The molecule has 1 aliphatic heterocycles. The molecule has 0 spiro atoms. The van der Waals surface area contributed by atoms with E-state index in [1.165, 1.54) is 0 Å². The van der Waals surface area contributed by atoms with Gasteiger partial charge in [-0.2, -0.15) is 0 Å². The summed E-state index contributed by atoms with van der Waals surface area (Å²) < 4.78 is 0. The van der Waals surface area contributed by atoms with Gasteiger partial charge in [-0.1, -0.05) is 17.8 Å². The number of amides is 1. The molecule has 1 heterocycles. The van der Waals surface area contributed by atoms with Crippen molar-refractivity contribution in [3.05, 3.63) is 18.2 Å². The Morgan fingerprint density at radius 1 is 1.56 bits per heavy atom. The summed E-state index contributed by atoms with van der Waals surface area (Å²) >= 11 is 1.66. The summed E-state index contributed by atoms with van der Waals surface area (Å²) in [5.74, 6) is 0.424. The summed E-state index contributed by atoms with van der Waals surface area (Å²) in [5.41, 5.74) is 1.07. The number of carbonyl (C=O) groups excluding carboxylic acids is 1. The third-order valence-electron chi connectivity index (χ3n) is 3.29. The Morgan fingerprint density at radius 3 is 2.89 bits per heavy atom. The molecule has 1 atom stereocenters. The van der Waals surface area contributed by atoms with Crippen LogP contribution >= 0.6 is 11.8 Å². The van der Waals surface area contributed by atoms with Crippen LogP contribution in [0.25, 0.3) is 0 Å². The number of nitrogens with zero attached hydrogens (tertiary/aromatic N) is 2. The van der Waals surface area contributed by atoms with Gasteiger partial charge in [0.2, 0.25) is 5.91 Å². The number of aromatic hydroxyl groups is 1. The van der Waals surface area contributed by atoms with Gasteiger partial charge in [0.15, 0.2) is 0 Å². The number of hydrogen-bond acceptors (Lipinski definition) is 4. The Morgan fingerprint density at radius 2 is 2.28 bits per heavy atom. The first-order valence-corrected chi connectivity index (χ1v) is 6.82. The molecular formula is C13H18N2O2S. The van der Waals surface area contributed by atoms with E-state index in [0.29, 0.717) is 5.75 Å². The third kappa shape index (κ3) is 2.41. The van der Waals surface area contributed by atoms with Crippen LogP contribution in [0, 0.1) is 0 Å². The van der Waals surface area contributed by atoms with Crippen LogP contribution in [0.5, 0.6) is 5.75 Å². The standard InChI is InChI=1S/C13H18N2O2S/c1-9(16)14(2)8-7-12-15(3)10-5-4-6-11(17)13(10)18-12/h4-6,12,17H,7-8H2,1-3H3. The zero-order chi connectivity index (χ0) is 13.3. The molecule has 0 saturated heterocycles. The lowest BCUT2D eigenvalue weighted by atomic mass is 10.2. The summed E-state index contributed by atoms with van der Waals surface area (Å²) in [6.07, 6.45) is 0.880. The number of rotatable bonds is 3. The first kappa shape index (κ1) is 13.1. The molecule has 18 heavy (non-hydrogen) atoms. The van der Waals surface area contributed by atoms with Crippen LogP contribution in [0.1, 0.15) is 13.3 Å². The van der Waals surface area contributed by atoms with Crippen LogP contribution in [-0.2, 0) is 4.79 Å². The molecular weight excluding hydrogens is 248 g/mol. The van der Waals surface area contributed by atoms with Crippen molar-refractivity contribution in [2.24, 2.45) is 0 Å². The highest BCUT2D eigenvalue weighted by Gasteiger charge is 2.29. The molecule has 0 fully saturated rings. The minimum atomic E-state index is 0.0843. The molecule has 0 saturated carbocycles. The van der Waals surface area contributed by atoms with Crippen molar-refractivity contribution in [3.63, 3.8) is 0 Å². The third-order valence-corrected chi connectivity index (χ3v) is 4.77. The highest BCUT2D eigenvalue weighted by molar-refractivity contribution is 8.00. The first-order chi connectivity index (χ1) is 8.50. The fourth-order valence-corrected chi connectivity index (χ4v) is 3.28. The van der Waals surface area contributed by atoms with E-state index >= 15 is 0 Å². The van der Waals surface area contributed by atoms with Crippen LogP contribution in [0.4, 0.5) is 5.69 Å². The minimum Gasteiger partial charge on any atom is -0.507 e. The maximum absolute atomic E-state index is 11.2. The Hall–Kier alpha value is -1.36. The van der Waals surface area contributed by atoms with Crippen LogP contribution in [0.3, 0.4) is 0 Å². The second-order valence-corrected chi connectivity index (χ2v) is 5.73. The maximum Gasteiger partial charge on any atom is 0.219 e. The second kappa shape index (κ2) is 5.10. The number of benzene rings is 1. The molecule has 0 radical (unpaired) electrons. The molecule has 0 aliphatic carbocycles. The van der Waals surface area contributed by atoms with Gasteiger partial charge in [0, 0.05) is 27.6 Å². The largest absolute Gasteiger partial charge is 0.507 e. The quantitative estimate of drug-likeness (QED) is 0.910. The molecule has 2 rings (SSSR count). The van der Waals surface area contributed by atoms with E-state index in [4.69, 9.17) is 0 Å². The average molecular weight is 266 g/mol. The highest BCUT2D eigenvalue weighted by atomic mass is 32.2. The van der Waals surface area contributed by atoms with E-state index in [9.17, 15) is 9.90 Å². The number of thioether (sulfide) groups is 1. The molecule has 4 nitrogen and oxygen atoms in total. The van der Waals surface area contributed by atoms with E-state index in [-0.39, 0.29) is 11.3 Å². The minimum absolute atomic E-state index is 0.0843. The topological polar surface area (TPSA) is 43.8 Å². The molecule has 1 unspecified atom stereocenters. The predicted molar refractivity (Wildman–Crippen MR) is 74.1 cm³/mol. The Bertz CT molecular complexity index is 464. The fourth-order valence-electron chi connectivity index (χ4n) is 2.00. The van der Waals surface area contributed by atoms with Crippen LogP contribution in [0.15, 0.2) is 23.1 Å². The van der Waals surface area contributed by atoms with E-state index in [0.717, 1.165) is 23.5 Å². The monoisotopic (exact) mass is 266 g/mol. The number of fused-ring (bicyclic) bond motifs is 1. The van der Waals surface area contributed by atoms with Crippen LogP contribution in [-0.4, -0.2) is 41.9 Å². The molecule has 1 aromatic rings. The normalized spacial score (nSPS) is 17.7. The van der Waals surface area contributed by atoms with E-state index in [2.05, 4.69) is 4.90 Å². The summed E-state index contributed by atoms with van der Waals surface area (Å²) in [4.78, 5) is 16.0. The van der Waals surface area contributed by atoms with Crippen LogP contribution in [0.2, 0.25) is 0 Å². The second-order valence-electron chi connectivity index (χ2n) is 4.54. The van der Waals surface area contributed by atoms with E-state index in [1.807, 2.05) is 26.2 Å². The lowest BCUT2D eigenvalue weighted by molar-refractivity contribution is -0.127. The molecule has 1 amide bonds. The molecule has 1 aromatic carbocycles. The van der Waals surface area contributed by atoms with Gasteiger partial charge in [0.25, 0.3) is 0 Å². The molecule has 0 aromatic heterocycles.